The Kier molecular flexibility index (Phi) is 4.34. The van der Waals surface area contributed by atoms with E-state index in [0.717, 1.165) is 50.1 Å². The van der Waals surface area contributed by atoms with Gasteiger partial charge in [0.2, 0.25) is 5.95 Å². The van der Waals surface area contributed by atoms with E-state index in [1.165, 1.54) is 11.1 Å². The van der Waals surface area contributed by atoms with Crippen molar-refractivity contribution in [2.75, 3.05) is 18.1 Å². The van der Waals surface area contributed by atoms with Crippen LogP contribution in [0.1, 0.15) is 27.9 Å². The van der Waals surface area contributed by atoms with Gasteiger partial charge in [-0.15, -0.1) is 11.3 Å². The van der Waals surface area contributed by atoms with Crippen LogP contribution >= 0.6 is 11.3 Å². The standard InChI is InChI=1S/C21H24N6S/c1-10-9-28-21-26-18(16-12(3)11(2)13(4)17(22)14(16)5)19(27(10)21)15-7-8-24-20(23-6)25-15/h7-9H,22H2,1-6H3,(H,23,24,25). The van der Waals surface area contributed by atoms with Gasteiger partial charge in [0.25, 0.3) is 0 Å². The van der Waals surface area contributed by atoms with Gasteiger partial charge in [-0.3, -0.25) is 4.40 Å². The fraction of sp³-hybridized carbons (Fsp3) is 0.286. The van der Waals surface area contributed by atoms with Crippen molar-refractivity contribution in [1.29, 1.82) is 0 Å². The summed E-state index contributed by atoms with van der Waals surface area (Å²) in [5, 5.41) is 5.14. The summed E-state index contributed by atoms with van der Waals surface area (Å²) >= 11 is 1.63. The van der Waals surface area contributed by atoms with E-state index in [1.807, 2.05) is 13.1 Å². The Balaban J connectivity index is 2.13. The Hall–Kier alpha value is -2.93. The fourth-order valence-electron chi connectivity index (χ4n) is 3.74. The summed E-state index contributed by atoms with van der Waals surface area (Å²) < 4.78 is 2.17. The molecule has 28 heavy (non-hydrogen) atoms. The minimum absolute atomic E-state index is 0.583. The van der Waals surface area contributed by atoms with E-state index in [9.17, 15) is 0 Å². The molecule has 6 nitrogen and oxygen atoms in total. The molecule has 0 saturated carbocycles. The van der Waals surface area contributed by atoms with Crippen LogP contribution in [0.3, 0.4) is 0 Å². The normalized spacial score (nSPS) is 11.4. The zero-order valence-corrected chi connectivity index (χ0v) is 17.8. The summed E-state index contributed by atoms with van der Waals surface area (Å²) in [4.78, 5) is 14.9. The molecule has 0 atom stereocenters. The number of anilines is 2. The first-order valence-corrected chi connectivity index (χ1v) is 10.1. The van der Waals surface area contributed by atoms with Crippen LogP contribution in [0.2, 0.25) is 0 Å². The lowest BCUT2D eigenvalue weighted by Crippen LogP contribution is -2.04. The second-order valence-electron chi connectivity index (χ2n) is 7.11. The number of hydrogen-bond acceptors (Lipinski definition) is 6. The first-order chi connectivity index (χ1) is 13.3. The molecular formula is C21H24N6S. The number of nitrogens with one attached hydrogen (secondary N) is 1. The molecule has 3 heterocycles. The predicted molar refractivity (Wildman–Crippen MR) is 117 cm³/mol. The molecule has 0 spiro atoms. The van der Waals surface area contributed by atoms with Gasteiger partial charge in [0.05, 0.1) is 5.69 Å². The number of imidazole rings is 1. The van der Waals surface area contributed by atoms with Gasteiger partial charge >= 0.3 is 0 Å². The van der Waals surface area contributed by atoms with Gasteiger partial charge in [-0.1, -0.05) is 0 Å². The Labute approximate surface area is 168 Å². The third-order valence-electron chi connectivity index (χ3n) is 5.58. The highest BCUT2D eigenvalue weighted by atomic mass is 32.1. The van der Waals surface area contributed by atoms with Crippen molar-refractivity contribution in [2.24, 2.45) is 0 Å². The van der Waals surface area contributed by atoms with Gasteiger partial charge in [0, 0.05) is 35.6 Å². The molecule has 0 fully saturated rings. The molecule has 0 radical (unpaired) electrons. The molecular weight excluding hydrogens is 368 g/mol. The number of hydrogen-bond donors (Lipinski definition) is 2. The molecule has 0 bridgehead atoms. The number of nitrogens with two attached hydrogens (primary N) is 1. The van der Waals surface area contributed by atoms with Crippen molar-refractivity contribution >= 4 is 27.9 Å². The quantitative estimate of drug-likeness (QED) is 0.495. The second kappa shape index (κ2) is 6.60. The van der Waals surface area contributed by atoms with E-state index in [4.69, 9.17) is 15.7 Å². The fourth-order valence-corrected chi connectivity index (χ4v) is 4.61. The molecule has 3 aromatic heterocycles. The molecule has 0 aliphatic carbocycles. The van der Waals surface area contributed by atoms with Crippen molar-refractivity contribution < 1.29 is 0 Å². The maximum absolute atomic E-state index is 6.46. The van der Waals surface area contributed by atoms with Crippen LogP contribution in [0.25, 0.3) is 27.6 Å². The van der Waals surface area contributed by atoms with Gasteiger partial charge in [0.1, 0.15) is 11.4 Å². The molecule has 4 rings (SSSR count). The van der Waals surface area contributed by atoms with Crippen molar-refractivity contribution in [3.05, 3.63) is 45.6 Å². The average molecular weight is 393 g/mol. The van der Waals surface area contributed by atoms with Crippen LogP contribution in [0, 0.1) is 34.6 Å². The van der Waals surface area contributed by atoms with Gasteiger partial charge in [-0.25, -0.2) is 15.0 Å². The molecule has 7 heteroatoms. The van der Waals surface area contributed by atoms with E-state index in [1.54, 1.807) is 17.5 Å². The van der Waals surface area contributed by atoms with E-state index in [2.05, 4.69) is 54.7 Å². The number of nitrogen functional groups attached to an aromatic ring is 1. The number of rotatable bonds is 3. The average Bonchev–Trinajstić information content (AvgIpc) is 3.25. The van der Waals surface area contributed by atoms with E-state index in [0.29, 0.717) is 5.95 Å². The number of aryl methyl sites for hydroxylation is 1. The Morgan fingerprint density at radius 3 is 2.46 bits per heavy atom. The van der Waals surface area contributed by atoms with Crippen LogP contribution in [0.5, 0.6) is 0 Å². The van der Waals surface area contributed by atoms with E-state index >= 15 is 0 Å². The van der Waals surface area contributed by atoms with E-state index in [-0.39, 0.29) is 0 Å². The lowest BCUT2D eigenvalue weighted by molar-refractivity contribution is 1.10. The molecule has 144 valence electrons. The second-order valence-corrected chi connectivity index (χ2v) is 7.94. The van der Waals surface area contributed by atoms with Gasteiger partial charge in [-0.2, -0.15) is 0 Å². The highest BCUT2D eigenvalue weighted by Crippen LogP contribution is 2.41. The molecule has 0 saturated heterocycles. The number of benzene rings is 1. The predicted octanol–water partition coefficient (Wildman–Crippen LogP) is 4.69. The van der Waals surface area contributed by atoms with Crippen LogP contribution in [-0.2, 0) is 0 Å². The van der Waals surface area contributed by atoms with Gasteiger partial charge < -0.3 is 11.1 Å². The van der Waals surface area contributed by atoms with Crippen LogP contribution in [-0.4, -0.2) is 26.4 Å². The zero-order chi connectivity index (χ0) is 20.2. The highest BCUT2D eigenvalue weighted by molar-refractivity contribution is 7.15. The Bertz CT molecular complexity index is 1190. The zero-order valence-electron chi connectivity index (χ0n) is 17.0. The van der Waals surface area contributed by atoms with Crippen LogP contribution in [0.4, 0.5) is 11.6 Å². The van der Waals surface area contributed by atoms with Crippen molar-refractivity contribution in [2.45, 2.75) is 34.6 Å². The summed E-state index contributed by atoms with van der Waals surface area (Å²) in [6.07, 6.45) is 1.77. The van der Waals surface area contributed by atoms with Crippen LogP contribution in [0.15, 0.2) is 17.6 Å². The Morgan fingerprint density at radius 2 is 1.75 bits per heavy atom. The lowest BCUT2D eigenvalue weighted by atomic mass is 9.89. The minimum atomic E-state index is 0.583. The largest absolute Gasteiger partial charge is 0.398 e. The SMILES string of the molecule is CNc1nccc(-c2c(-c3c(C)c(C)c(C)c(N)c3C)nc3scc(C)n23)n1. The monoisotopic (exact) mass is 392 g/mol. The lowest BCUT2D eigenvalue weighted by Gasteiger charge is -2.18. The first-order valence-electron chi connectivity index (χ1n) is 9.19. The molecule has 3 N–H and O–H groups in total. The molecule has 0 aliphatic heterocycles. The number of aromatic nitrogens is 4. The molecule has 4 aromatic rings. The van der Waals surface area contributed by atoms with Gasteiger partial charge in [-0.05, 0) is 62.9 Å². The minimum Gasteiger partial charge on any atom is -0.398 e. The topological polar surface area (TPSA) is 81.1 Å². The van der Waals surface area contributed by atoms with Crippen molar-refractivity contribution in [1.82, 2.24) is 19.4 Å². The van der Waals surface area contributed by atoms with Gasteiger partial charge in [0.15, 0.2) is 4.96 Å². The molecule has 0 amide bonds. The molecule has 1 aromatic carbocycles. The summed E-state index contributed by atoms with van der Waals surface area (Å²) in [5.41, 5.74) is 16.8. The van der Waals surface area contributed by atoms with E-state index < -0.39 is 0 Å². The van der Waals surface area contributed by atoms with Crippen molar-refractivity contribution in [3.8, 4) is 22.6 Å². The third kappa shape index (κ3) is 2.57. The maximum Gasteiger partial charge on any atom is 0.222 e. The molecule has 0 unspecified atom stereocenters. The van der Waals surface area contributed by atoms with Crippen LogP contribution < -0.4 is 11.1 Å². The van der Waals surface area contributed by atoms with Crippen molar-refractivity contribution in [3.63, 3.8) is 0 Å². The summed E-state index contributed by atoms with van der Waals surface area (Å²) in [6, 6.07) is 1.93. The Morgan fingerprint density at radius 1 is 1.00 bits per heavy atom. The number of nitrogens with zero attached hydrogens (tertiary/aromatic N) is 4. The summed E-state index contributed by atoms with van der Waals surface area (Å²) in [7, 11) is 1.82. The summed E-state index contributed by atoms with van der Waals surface area (Å²) in [6.45, 7) is 10.5. The number of thiazole rings is 1. The molecule has 0 aliphatic rings. The first kappa shape index (κ1) is 18.4. The maximum atomic E-state index is 6.46. The number of fused-ring (bicyclic) bond motifs is 1. The smallest absolute Gasteiger partial charge is 0.222 e. The summed E-state index contributed by atoms with van der Waals surface area (Å²) in [5.74, 6) is 0.583. The highest BCUT2D eigenvalue weighted by Gasteiger charge is 2.24. The third-order valence-corrected chi connectivity index (χ3v) is 6.52.